The molecule has 1 aliphatic heterocycles. The standard InChI is InChI=1S/C14H11Cl2NO3/c15-10-5-7(6-11(16)12(10)18)17-13(19)8-3-1-2-4-9(8)14(17)20/h1-2,5-6,8-9,18H,3-4H2. The number of benzene rings is 1. The van der Waals surface area contributed by atoms with E-state index < -0.39 is 0 Å². The maximum Gasteiger partial charge on any atom is 0.238 e. The van der Waals surface area contributed by atoms with Crippen molar-refractivity contribution in [2.75, 3.05) is 4.90 Å². The zero-order chi connectivity index (χ0) is 14.4. The zero-order valence-electron chi connectivity index (χ0n) is 10.3. The van der Waals surface area contributed by atoms with Crippen LogP contribution in [-0.4, -0.2) is 16.9 Å². The Morgan fingerprint density at radius 2 is 1.45 bits per heavy atom. The number of nitrogens with zero attached hydrogens (tertiary/aromatic N) is 1. The minimum Gasteiger partial charge on any atom is -0.505 e. The molecule has 1 aromatic rings. The van der Waals surface area contributed by atoms with Crippen molar-refractivity contribution in [3.05, 3.63) is 34.3 Å². The first-order valence-corrected chi connectivity index (χ1v) is 6.97. The number of allylic oxidation sites excluding steroid dienone is 2. The first-order chi connectivity index (χ1) is 9.50. The molecule has 0 saturated carbocycles. The van der Waals surface area contributed by atoms with E-state index in [0.717, 1.165) is 4.90 Å². The van der Waals surface area contributed by atoms with Gasteiger partial charge in [0.05, 0.1) is 27.6 Å². The summed E-state index contributed by atoms with van der Waals surface area (Å²) >= 11 is 11.7. The van der Waals surface area contributed by atoms with E-state index in [1.165, 1.54) is 12.1 Å². The number of hydrogen-bond acceptors (Lipinski definition) is 3. The summed E-state index contributed by atoms with van der Waals surface area (Å²) in [5, 5.41) is 9.58. The average molecular weight is 312 g/mol. The van der Waals surface area contributed by atoms with Gasteiger partial charge in [-0.1, -0.05) is 35.4 Å². The van der Waals surface area contributed by atoms with E-state index >= 15 is 0 Å². The Labute approximate surface area is 125 Å². The third kappa shape index (κ3) is 1.91. The van der Waals surface area contributed by atoms with Crippen LogP contribution in [0.4, 0.5) is 5.69 Å². The Bertz CT molecular complexity index is 592. The number of halogens is 2. The number of anilines is 1. The van der Waals surface area contributed by atoms with Gasteiger partial charge in [-0.05, 0) is 25.0 Å². The van der Waals surface area contributed by atoms with Crippen molar-refractivity contribution in [3.8, 4) is 5.75 Å². The van der Waals surface area contributed by atoms with Gasteiger partial charge in [0.2, 0.25) is 11.8 Å². The van der Waals surface area contributed by atoms with Crippen LogP contribution < -0.4 is 4.90 Å². The van der Waals surface area contributed by atoms with E-state index in [1.54, 1.807) is 0 Å². The van der Waals surface area contributed by atoms with Crippen molar-refractivity contribution in [1.29, 1.82) is 0 Å². The summed E-state index contributed by atoms with van der Waals surface area (Å²) in [7, 11) is 0. The fourth-order valence-electron chi connectivity index (χ4n) is 2.74. The van der Waals surface area contributed by atoms with Crippen LogP contribution in [0.2, 0.25) is 10.0 Å². The van der Waals surface area contributed by atoms with Crippen molar-refractivity contribution < 1.29 is 14.7 Å². The molecular formula is C14H11Cl2NO3. The maximum atomic E-state index is 12.4. The van der Waals surface area contributed by atoms with E-state index in [0.29, 0.717) is 18.5 Å². The highest BCUT2D eigenvalue weighted by Gasteiger charge is 2.48. The second-order valence-electron chi connectivity index (χ2n) is 4.93. The Balaban J connectivity index is 2.03. The Hall–Kier alpha value is -1.52. The van der Waals surface area contributed by atoms with Crippen molar-refractivity contribution in [2.24, 2.45) is 11.8 Å². The number of hydrogen-bond donors (Lipinski definition) is 1. The first-order valence-electron chi connectivity index (χ1n) is 6.21. The molecule has 104 valence electrons. The highest BCUT2D eigenvalue weighted by Crippen LogP contribution is 2.41. The van der Waals surface area contributed by atoms with E-state index in [2.05, 4.69) is 0 Å². The Kier molecular flexibility index (Phi) is 3.22. The highest BCUT2D eigenvalue weighted by molar-refractivity contribution is 6.38. The number of fused-ring (bicyclic) bond motifs is 1. The fraction of sp³-hybridized carbons (Fsp3) is 0.286. The zero-order valence-corrected chi connectivity index (χ0v) is 11.9. The highest BCUT2D eigenvalue weighted by atomic mass is 35.5. The lowest BCUT2D eigenvalue weighted by atomic mass is 9.85. The summed E-state index contributed by atoms with van der Waals surface area (Å²) in [5.74, 6) is -1.34. The van der Waals surface area contributed by atoms with Gasteiger partial charge in [-0.15, -0.1) is 0 Å². The first kappa shape index (κ1) is 13.5. The molecular weight excluding hydrogens is 301 g/mol. The molecule has 1 aromatic carbocycles. The Morgan fingerprint density at radius 1 is 1.00 bits per heavy atom. The van der Waals surface area contributed by atoms with Gasteiger partial charge in [0.25, 0.3) is 0 Å². The molecule has 1 saturated heterocycles. The smallest absolute Gasteiger partial charge is 0.238 e. The third-order valence-electron chi connectivity index (χ3n) is 3.77. The molecule has 0 radical (unpaired) electrons. The van der Waals surface area contributed by atoms with Gasteiger partial charge < -0.3 is 5.11 Å². The molecule has 0 aromatic heterocycles. The van der Waals surface area contributed by atoms with Crippen LogP contribution in [-0.2, 0) is 9.59 Å². The Morgan fingerprint density at radius 3 is 1.90 bits per heavy atom. The summed E-state index contributed by atoms with van der Waals surface area (Å²) in [6.07, 6.45) is 5.00. The monoisotopic (exact) mass is 311 g/mol. The summed E-state index contributed by atoms with van der Waals surface area (Å²) < 4.78 is 0. The van der Waals surface area contributed by atoms with Crippen LogP contribution in [0, 0.1) is 11.8 Å². The molecule has 0 bridgehead atoms. The maximum absolute atomic E-state index is 12.4. The molecule has 2 atom stereocenters. The van der Waals surface area contributed by atoms with Gasteiger partial charge in [0.1, 0.15) is 0 Å². The van der Waals surface area contributed by atoms with Gasteiger partial charge in [-0.2, -0.15) is 0 Å². The average Bonchev–Trinajstić information content (AvgIpc) is 2.68. The molecule has 1 heterocycles. The second-order valence-corrected chi connectivity index (χ2v) is 5.74. The summed E-state index contributed by atoms with van der Waals surface area (Å²) in [6, 6.07) is 2.76. The van der Waals surface area contributed by atoms with Crippen LogP contribution in [0.15, 0.2) is 24.3 Å². The molecule has 6 heteroatoms. The molecule has 2 aliphatic rings. The normalized spacial score (nSPS) is 25.2. The van der Waals surface area contributed by atoms with Crippen LogP contribution in [0.5, 0.6) is 5.75 Å². The van der Waals surface area contributed by atoms with E-state index in [1.807, 2.05) is 12.2 Å². The lowest BCUT2D eigenvalue weighted by Crippen LogP contribution is -2.30. The molecule has 0 spiro atoms. The van der Waals surface area contributed by atoms with Crippen molar-refractivity contribution in [1.82, 2.24) is 0 Å². The SMILES string of the molecule is O=C1C2CC=CCC2C(=O)N1c1cc(Cl)c(O)c(Cl)c1. The molecule has 2 amide bonds. The minimum atomic E-state index is -0.307. The lowest BCUT2D eigenvalue weighted by Gasteiger charge is -2.16. The number of imide groups is 1. The minimum absolute atomic E-state index is 0.0149. The molecule has 1 aliphatic carbocycles. The number of phenolic OH excluding ortho intramolecular Hbond substituents is 1. The molecule has 3 rings (SSSR count). The lowest BCUT2D eigenvalue weighted by molar-refractivity contribution is -0.122. The molecule has 2 unspecified atom stereocenters. The molecule has 20 heavy (non-hydrogen) atoms. The topological polar surface area (TPSA) is 57.6 Å². The summed E-state index contributed by atoms with van der Waals surface area (Å²) in [5.41, 5.74) is 0.308. The van der Waals surface area contributed by atoms with Crippen molar-refractivity contribution >= 4 is 40.7 Å². The van der Waals surface area contributed by atoms with Gasteiger partial charge in [-0.25, -0.2) is 4.90 Å². The fourth-order valence-corrected chi connectivity index (χ4v) is 3.21. The van der Waals surface area contributed by atoms with Crippen LogP contribution in [0.25, 0.3) is 0 Å². The number of amides is 2. The van der Waals surface area contributed by atoms with E-state index in [-0.39, 0.29) is 39.4 Å². The molecule has 1 fully saturated rings. The number of rotatable bonds is 1. The predicted octanol–water partition coefficient (Wildman–Crippen LogP) is 3.15. The van der Waals surface area contributed by atoms with Crippen molar-refractivity contribution in [2.45, 2.75) is 12.8 Å². The van der Waals surface area contributed by atoms with E-state index in [4.69, 9.17) is 23.2 Å². The molecule has 1 N–H and O–H groups in total. The quantitative estimate of drug-likeness (QED) is 0.640. The van der Waals surface area contributed by atoms with Gasteiger partial charge in [0.15, 0.2) is 5.75 Å². The number of carbonyl (C=O) groups is 2. The van der Waals surface area contributed by atoms with Crippen LogP contribution in [0.1, 0.15) is 12.8 Å². The number of aromatic hydroxyl groups is 1. The largest absolute Gasteiger partial charge is 0.505 e. The van der Waals surface area contributed by atoms with E-state index in [9.17, 15) is 14.7 Å². The number of carbonyl (C=O) groups excluding carboxylic acids is 2. The molecule has 4 nitrogen and oxygen atoms in total. The van der Waals surface area contributed by atoms with Gasteiger partial charge >= 0.3 is 0 Å². The van der Waals surface area contributed by atoms with Crippen LogP contribution >= 0.6 is 23.2 Å². The van der Waals surface area contributed by atoms with Crippen LogP contribution in [0.3, 0.4) is 0 Å². The van der Waals surface area contributed by atoms with Crippen molar-refractivity contribution in [3.63, 3.8) is 0 Å². The third-order valence-corrected chi connectivity index (χ3v) is 4.34. The summed E-state index contributed by atoms with van der Waals surface area (Å²) in [4.78, 5) is 25.9. The second kappa shape index (κ2) is 4.79. The summed E-state index contributed by atoms with van der Waals surface area (Å²) in [6.45, 7) is 0. The predicted molar refractivity (Wildman–Crippen MR) is 76.0 cm³/mol. The van der Waals surface area contributed by atoms with Gasteiger partial charge in [0, 0.05) is 0 Å². The number of phenols is 1. The van der Waals surface area contributed by atoms with Gasteiger partial charge in [-0.3, -0.25) is 9.59 Å².